The van der Waals surface area contributed by atoms with E-state index in [1.807, 2.05) is 24.3 Å². The second kappa shape index (κ2) is 10.0. The molecule has 2 heterocycles. The fourth-order valence-corrected chi connectivity index (χ4v) is 4.43. The van der Waals surface area contributed by atoms with Gasteiger partial charge in [0.2, 0.25) is 0 Å². The van der Waals surface area contributed by atoms with Gasteiger partial charge in [0.25, 0.3) is 5.91 Å². The Balaban J connectivity index is 1.50. The predicted molar refractivity (Wildman–Crippen MR) is 138 cm³/mol. The summed E-state index contributed by atoms with van der Waals surface area (Å²) in [6.07, 6.45) is 3.09. The number of anilines is 3. The van der Waals surface area contributed by atoms with Crippen LogP contribution < -0.4 is 10.6 Å². The summed E-state index contributed by atoms with van der Waals surface area (Å²) in [5, 5.41) is 16.5. The lowest BCUT2D eigenvalue weighted by Gasteiger charge is -2.15. The maximum Gasteiger partial charge on any atom is 0.255 e. The lowest BCUT2D eigenvalue weighted by molar-refractivity contribution is 0.102. The van der Waals surface area contributed by atoms with Crippen LogP contribution in [-0.2, 0) is 0 Å². The van der Waals surface area contributed by atoms with Gasteiger partial charge in [-0.05, 0) is 85.3 Å². The summed E-state index contributed by atoms with van der Waals surface area (Å²) >= 11 is 1.47. The molecule has 3 N–H and O–H groups in total. The number of carbonyl (C=O) groups is 1. The minimum atomic E-state index is -0.334. The molecule has 178 valence electrons. The van der Waals surface area contributed by atoms with Crippen LogP contribution in [0.1, 0.15) is 15.9 Å². The average molecular weight is 498 g/mol. The molecule has 0 saturated carbocycles. The van der Waals surface area contributed by atoms with E-state index < -0.39 is 0 Å². The smallest absolute Gasteiger partial charge is 0.255 e. The van der Waals surface area contributed by atoms with Gasteiger partial charge in [-0.2, -0.15) is 0 Å². The number of nitrogens with one attached hydrogen (secondary N) is 2. The largest absolute Gasteiger partial charge is 0.508 e. The maximum absolute atomic E-state index is 13.6. The van der Waals surface area contributed by atoms with E-state index in [4.69, 9.17) is 0 Å². The Labute approximate surface area is 210 Å². The van der Waals surface area contributed by atoms with Crippen LogP contribution >= 0.6 is 11.8 Å². The maximum atomic E-state index is 13.6. The molecule has 0 aliphatic carbocycles. The van der Waals surface area contributed by atoms with Gasteiger partial charge in [0, 0.05) is 27.2 Å². The third kappa shape index (κ3) is 5.11. The molecule has 7 nitrogen and oxygen atoms in total. The zero-order chi connectivity index (χ0) is 25.1. The predicted octanol–water partition coefficient (Wildman–Crippen LogP) is 6.33. The van der Waals surface area contributed by atoms with Gasteiger partial charge >= 0.3 is 0 Å². The van der Waals surface area contributed by atoms with Gasteiger partial charge in [0.1, 0.15) is 23.7 Å². The fraction of sp³-hybridized carbons (Fsp3) is 0.0370. The topological polar surface area (TPSA) is 100 Å². The van der Waals surface area contributed by atoms with Gasteiger partial charge in [-0.25, -0.2) is 19.3 Å². The van der Waals surface area contributed by atoms with Gasteiger partial charge in [-0.15, -0.1) is 0 Å². The summed E-state index contributed by atoms with van der Waals surface area (Å²) in [5.41, 5.74) is 2.55. The average Bonchev–Trinajstić information content (AvgIpc) is 2.89. The molecule has 0 radical (unpaired) electrons. The second-order valence-electron chi connectivity index (χ2n) is 7.95. The van der Waals surface area contributed by atoms with Crippen LogP contribution in [0.4, 0.5) is 21.6 Å². The number of aromatic nitrogens is 3. The highest BCUT2D eigenvalue weighted by Crippen LogP contribution is 2.37. The third-order valence-electron chi connectivity index (χ3n) is 5.38. The standard InChI is InChI=1S/C27H20FN5O2S/c1-16-13-18(5-10-22(16)28)32-27(35)17-4-11-24(36-20-8-6-19(34)7-9-20)23(14-17)33-26-21-3-2-12-29-25(21)30-15-31-26/h2-15,34H,1H3,(H,32,35)(H,29,30,31,33). The number of aromatic hydroxyl groups is 1. The van der Waals surface area contributed by atoms with Crippen molar-refractivity contribution >= 4 is 45.9 Å². The highest BCUT2D eigenvalue weighted by molar-refractivity contribution is 7.99. The number of amides is 1. The van der Waals surface area contributed by atoms with Gasteiger partial charge < -0.3 is 15.7 Å². The number of hydrogen-bond acceptors (Lipinski definition) is 7. The first-order valence-corrected chi connectivity index (χ1v) is 11.8. The normalized spacial score (nSPS) is 10.8. The van der Waals surface area contributed by atoms with Gasteiger partial charge in [-0.3, -0.25) is 4.79 Å². The Kier molecular flexibility index (Phi) is 6.46. The molecular weight excluding hydrogens is 477 g/mol. The number of phenols is 1. The van der Waals surface area contributed by atoms with Crippen molar-refractivity contribution in [1.29, 1.82) is 0 Å². The van der Waals surface area contributed by atoms with Crippen molar-refractivity contribution in [2.24, 2.45) is 0 Å². The Morgan fingerprint density at radius 2 is 1.81 bits per heavy atom. The molecule has 0 aliphatic heterocycles. The number of phenolic OH excluding ortho intramolecular Hbond substituents is 1. The molecule has 0 unspecified atom stereocenters. The summed E-state index contributed by atoms with van der Waals surface area (Å²) in [4.78, 5) is 27.6. The van der Waals surface area contributed by atoms with Crippen LogP contribution in [-0.4, -0.2) is 26.0 Å². The Hall–Kier alpha value is -4.50. The van der Waals surface area contributed by atoms with Crippen LogP contribution in [0.15, 0.2) is 95.1 Å². The summed E-state index contributed by atoms with van der Waals surface area (Å²) in [5.74, 6) is 0.0641. The van der Waals surface area contributed by atoms with Crippen molar-refractivity contribution < 1.29 is 14.3 Å². The molecule has 0 aliphatic rings. The fourth-order valence-electron chi connectivity index (χ4n) is 3.55. The van der Waals surface area contributed by atoms with Crippen LogP contribution in [0.25, 0.3) is 11.0 Å². The minimum absolute atomic E-state index is 0.181. The van der Waals surface area contributed by atoms with E-state index in [9.17, 15) is 14.3 Å². The van der Waals surface area contributed by atoms with Gasteiger partial charge in [-0.1, -0.05) is 11.8 Å². The Morgan fingerprint density at radius 1 is 0.972 bits per heavy atom. The Morgan fingerprint density at radius 3 is 2.61 bits per heavy atom. The summed E-state index contributed by atoms with van der Waals surface area (Å²) in [6.45, 7) is 1.64. The van der Waals surface area contributed by atoms with E-state index >= 15 is 0 Å². The molecule has 0 spiro atoms. The number of fused-ring (bicyclic) bond motifs is 1. The van der Waals surface area contributed by atoms with Crippen LogP contribution in [0.2, 0.25) is 0 Å². The number of carbonyl (C=O) groups excluding carboxylic acids is 1. The molecular formula is C27H20FN5O2S. The van der Waals surface area contributed by atoms with Crippen molar-refractivity contribution in [1.82, 2.24) is 15.0 Å². The third-order valence-corrected chi connectivity index (χ3v) is 6.47. The zero-order valence-electron chi connectivity index (χ0n) is 19.1. The van der Waals surface area contributed by atoms with E-state index in [0.717, 1.165) is 15.2 Å². The summed E-state index contributed by atoms with van der Waals surface area (Å²) in [6, 6.07) is 20.2. The molecule has 1 amide bonds. The zero-order valence-corrected chi connectivity index (χ0v) is 19.9. The number of benzene rings is 3. The number of nitrogens with zero attached hydrogens (tertiary/aromatic N) is 3. The summed E-state index contributed by atoms with van der Waals surface area (Å²) in [7, 11) is 0. The molecule has 0 saturated heterocycles. The van der Waals surface area contributed by atoms with E-state index in [1.165, 1.54) is 30.2 Å². The lowest BCUT2D eigenvalue weighted by Crippen LogP contribution is -2.12. The van der Waals surface area contributed by atoms with Crippen LogP contribution in [0.5, 0.6) is 5.75 Å². The van der Waals surface area contributed by atoms with E-state index in [2.05, 4.69) is 25.6 Å². The monoisotopic (exact) mass is 497 g/mol. The molecule has 5 aromatic rings. The van der Waals surface area contributed by atoms with Crippen molar-refractivity contribution in [3.8, 4) is 5.75 Å². The number of rotatable bonds is 6. The molecule has 0 fully saturated rings. The molecule has 0 atom stereocenters. The summed E-state index contributed by atoms with van der Waals surface area (Å²) < 4.78 is 13.6. The molecule has 36 heavy (non-hydrogen) atoms. The number of aryl methyl sites for hydroxylation is 1. The van der Waals surface area contributed by atoms with E-state index in [1.54, 1.807) is 49.5 Å². The van der Waals surface area contributed by atoms with Crippen molar-refractivity contribution in [2.75, 3.05) is 10.6 Å². The van der Waals surface area contributed by atoms with E-state index in [-0.39, 0.29) is 17.5 Å². The first-order valence-electron chi connectivity index (χ1n) is 11.0. The quantitative estimate of drug-likeness (QED) is 0.252. The number of halogens is 1. The molecule has 9 heteroatoms. The van der Waals surface area contributed by atoms with Crippen LogP contribution in [0, 0.1) is 12.7 Å². The van der Waals surface area contributed by atoms with Crippen molar-refractivity contribution in [3.63, 3.8) is 0 Å². The molecule has 2 aromatic heterocycles. The highest BCUT2D eigenvalue weighted by atomic mass is 32.2. The molecule has 3 aromatic carbocycles. The molecule has 0 bridgehead atoms. The SMILES string of the molecule is Cc1cc(NC(=O)c2ccc(Sc3ccc(O)cc3)c(Nc3ncnc4ncccc34)c2)ccc1F. The van der Waals surface area contributed by atoms with Gasteiger partial charge in [0.05, 0.1) is 11.1 Å². The van der Waals surface area contributed by atoms with E-state index in [0.29, 0.717) is 34.0 Å². The number of pyridine rings is 1. The van der Waals surface area contributed by atoms with Gasteiger partial charge in [0.15, 0.2) is 5.65 Å². The molecule has 5 rings (SSSR count). The number of hydrogen-bond donors (Lipinski definition) is 3. The minimum Gasteiger partial charge on any atom is -0.508 e. The first-order chi connectivity index (χ1) is 17.5. The van der Waals surface area contributed by atoms with Crippen molar-refractivity contribution in [2.45, 2.75) is 16.7 Å². The highest BCUT2D eigenvalue weighted by Gasteiger charge is 2.14. The first kappa shape index (κ1) is 23.3. The van der Waals surface area contributed by atoms with Crippen LogP contribution in [0.3, 0.4) is 0 Å². The van der Waals surface area contributed by atoms with Crippen molar-refractivity contribution in [3.05, 3.63) is 102 Å². The lowest BCUT2D eigenvalue weighted by atomic mass is 10.1. The Bertz CT molecular complexity index is 1570. The second-order valence-corrected chi connectivity index (χ2v) is 9.06.